The maximum absolute atomic E-state index is 13.6. The minimum atomic E-state index is -0.239. The molecule has 0 aliphatic heterocycles. The van der Waals surface area contributed by atoms with Gasteiger partial charge in [-0.2, -0.15) is 0 Å². The molecule has 3 heteroatoms. The number of nitrogens with zero attached hydrogens (tertiary/aromatic N) is 1. The molecular weight excluding hydrogens is 215 g/mol. The van der Waals surface area contributed by atoms with Gasteiger partial charge in [-0.3, -0.25) is 0 Å². The molecule has 2 unspecified atom stereocenters. The third-order valence-corrected chi connectivity index (χ3v) is 3.32. The molecule has 0 aliphatic carbocycles. The first kappa shape index (κ1) is 14.1. The Kier molecular flexibility index (Phi) is 5.59. The Labute approximate surface area is 104 Å². The van der Waals surface area contributed by atoms with E-state index in [1.165, 1.54) is 6.07 Å². The molecule has 1 rings (SSSR count). The van der Waals surface area contributed by atoms with Gasteiger partial charge in [0.05, 0.1) is 0 Å². The van der Waals surface area contributed by atoms with Crippen molar-refractivity contribution in [3.05, 3.63) is 35.6 Å². The third-order valence-electron chi connectivity index (χ3n) is 3.32. The lowest BCUT2D eigenvalue weighted by Crippen LogP contribution is -2.33. The van der Waals surface area contributed by atoms with Crippen LogP contribution in [-0.4, -0.2) is 24.5 Å². The number of benzene rings is 1. The molecule has 0 spiro atoms. The molecule has 0 saturated heterocycles. The van der Waals surface area contributed by atoms with Crippen LogP contribution >= 0.6 is 0 Å². The van der Waals surface area contributed by atoms with Gasteiger partial charge in [0, 0.05) is 18.2 Å². The van der Waals surface area contributed by atoms with Gasteiger partial charge in [-0.1, -0.05) is 39.0 Å². The summed E-state index contributed by atoms with van der Waals surface area (Å²) in [5.41, 5.74) is 6.75. The zero-order valence-electron chi connectivity index (χ0n) is 11.0. The lowest BCUT2D eigenvalue weighted by Gasteiger charge is -2.27. The highest BCUT2D eigenvalue weighted by molar-refractivity contribution is 5.21. The molecule has 0 amide bonds. The molecule has 0 aromatic heterocycles. The molecule has 1 aromatic carbocycles. The monoisotopic (exact) mass is 238 g/mol. The second-order valence-corrected chi connectivity index (χ2v) is 4.51. The molecular formula is C14H23FN2. The molecule has 0 saturated carbocycles. The summed E-state index contributed by atoms with van der Waals surface area (Å²) in [6.45, 7) is 9.25. The summed E-state index contributed by atoms with van der Waals surface area (Å²) >= 11 is 0. The highest BCUT2D eigenvalue weighted by Gasteiger charge is 2.19. The van der Waals surface area contributed by atoms with Crippen LogP contribution in [0, 0.1) is 11.7 Å². The first-order valence-corrected chi connectivity index (χ1v) is 6.32. The van der Waals surface area contributed by atoms with Gasteiger partial charge in [0.1, 0.15) is 5.82 Å². The smallest absolute Gasteiger partial charge is 0.127 e. The molecule has 0 bridgehead atoms. The SMILES string of the molecule is CCN(CC)CC(C)C(N)c1ccccc1F. The van der Waals surface area contributed by atoms with E-state index in [2.05, 4.69) is 25.7 Å². The quantitative estimate of drug-likeness (QED) is 0.825. The van der Waals surface area contributed by atoms with E-state index in [1.54, 1.807) is 12.1 Å². The molecule has 0 radical (unpaired) electrons. The van der Waals surface area contributed by atoms with Crippen LogP contribution in [0.4, 0.5) is 4.39 Å². The van der Waals surface area contributed by atoms with E-state index >= 15 is 0 Å². The van der Waals surface area contributed by atoms with Gasteiger partial charge in [0.2, 0.25) is 0 Å². The molecule has 2 N–H and O–H groups in total. The number of hydrogen-bond acceptors (Lipinski definition) is 2. The molecule has 2 nitrogen and oxygen atoms in total. The molecule has 17 heavy (non-hydrogen) atoms. The maximum Gasteiger partial charge on any atom is 0.127 e. The molecule has 0 fully saturated rings. The first-order valence-electron chi connectivity index (χ1n) is 6.32. The second kappa shape index (κ2) is 6.72. The zero-order valence-corrected chi connectivity index (χ0v) is 11.0. The summed E-state index contributed by atoms with van der Waals surface area (Å²) in [6, 6.07) is 6.54. The zero-order chi connectivity index (χ0) is 12.8. The number of rotatable bonds is 6. The van der Waals surface area contributed by atoms with Crippen LogP contribution in [-0.2, 0) is 0 Å². The van der Waals surface area contributed by atoms with Crippen LogP contribution in [0.3, 0.4) is 0 Å². The summed E-state index contributed by atoms with van der Waals surface area (Å²) in [6.07, 6.45) is 0. The second-order valence-electron chi connectivity index (χ2n) is 4.51. The highest BCUT2D eigenvalue weighted by Crippen LogP contribution is 2.22. The standard InChI is InChI=1S/C14H23FN2/c1-4-17(5-2)10-11(3)14(16)12-8-6-7-9-13(12)15/h6-9,11,14H,4-5,10,16H2,1-3H3. The summed E-state index contributed by atoms with van der Waals surface area (Å²) < 4.78 is 13.6. The van der Waals surface area contributed by atoms with Crippen molar-refractivity contribution >= 4 is 0 Å². The van der Waals surface area contributed by atoms with E-state index in [9.17, 15) is 4.39 Å². The number of hydrogen-bond donors (Lipinski definition) is 1. The van der Waals surface area contributed by atoms with Crippen molar-refractivity contribution in [1.29, 1.82) is 0 Å². The van der Waals surface area contributed by atoms with E-state index in [0.29, 0.717) is 5.56 Å². The van der Waals surface area contributed by atoms with Gasteiger partial charge in [-0.15, -0.1) is 0 Å². The van der Waals surface area contributed by atoms with Crippen LogP contribution < -0.4 is 5.73 Å². The average molecular weight is 238 g/mol. The summed E-state index contributed by atoms with van der Waals surface area (Å²) in [7, 11) is 0. The fraction of sp³-hybridized carbons (Fsp3) is 0.571. The highest BCUT2D eigenvalue weighted by atomic mass is 19.1. The topological polar surface area (TPSA) is 29.3 Å². The maximum atomic E-state index is 13.6. The predicted octanol–water partition coefficient (Wildman–Crippen LogP) is 2.80. The van der Waals surface area contributed by atoms with E-state index in [4.69, 9.17) is 5.73 Å². The van der Waals surface area contributed by atoms with Crippen molar-refractivity contribution in [3.63, 3.8) is 0 Å². The Morgan fingerprint density at radius 2 is 1.82 bits per heavy atom. The lowest BCUT2D eigenvalue weighted by atomic mass is 9.94. The third kappa shape index (κ3) is 3.79. The largest absolute Gasteiger partial charge is 0.324 e. The van der Waals surface area contributed by atoms with Gasteiger partial charge in [0.15, 0.2) is 0 Å². The van der Waals surface area contributed by atoms with Gasteiger partial charge in [-0.05, 0) is 25.1 Å². The number of nitrogens with two attached hydrogens (primary N) is 1. The predicted molar refractivity (Wildman–Crippen MR) is 70.3 cm³/mol. The van der Waals surface area contributed by atoms with Crippen molar-refractivity contribution in [2.24, 2.45) is 11.7 Å². The van der Waals surface area contributed by atoms with E-state index < -0.39 is 0 Å². The molecule has 2 atom stereocenters. The minimum absolute atomic E-state index is 0.202. The van der Waals surface area contributed by atoms with Crippen LogP contribution in [0.1, 0.15) is 32.4 Å². The van der Waals surface area contributed by atoms with Crippen LogP contribution in [0.5, 0.6) is 0 Å². The Morgan fingerprint density at radius 3 is 2.35 bits per heavy atom. The summed E-state index contributed by atoms with van der Waals surface area (Å²) in [5, 5.41) is 0. The lowest BCUT2D eigenvalue weighted by molar-refractivity contribution is 0.241. The Morgan fingerprint density at radius 1 is 1.24 bits per heavy atom. The molecule has 96 valence electrons. The molecule has 1 aromatic rings. The van der Waals surface area contributed by atoms with Gasteiger partial charge in [-0.25, -0.2) is 4.39 Å². The van der Waals surface area contributed by atoms with Crippen molar-refractivity contribution in [2.75, 3.05) is 19.6 Å². The Bertz CT molecular complexity index is 337. The normalized spacial score (nSPS) is 14.9. The van der Waals surface area contributed by atoms with E-state index in [1.807, 2.05) is 6.07 Å². The fourth-order valence-electron chi connectivity index (χ4n) is 2.05. The van der Waals surface area contributed by atoms with E-state index in [-0.39, 0.29) is 17.8 Å². The molecule has 0 heterocycles. The first-order chi connectivity index (χ1) is 8.10. The van der Waals surface area contributed by atoms with Crippen LogP contribution in [0.2, 0.25) is 0 Å². The van der Waals surface area contributed by atoms with Crippen LogP contribution in [0.15, 0.2) is 24.3 Å². The Hall–Kier alpha value is -0.930. The number of halogens is 1. The molecule has 0 aliphatic rings. The van der Waals surface area contributed by atoms with Gasteiger partial charge < -0.3 is 10.6 Å². The van der Waals surface area contributed by atoms with Crippen molar-refractivity contribution in [1.82, 2.24) is 4.90 Å². The van der Waals surface area contributed by atoms with Crippen molar-refractivity contribution in [2.45, 2.75) is 26.8 Å². The fourth-order valence-corrected chi connectivity index (χ4v) is 2.05. The minimum Gasteiger partial charge on any atom is -0.324 e. The van der Waals surface area contributed by atoms with Crippen molar-refractivity contribution < 1.29 is 4.39 Å². The van der Waals surface area contributed by atoms with Crippen LogP contribution in [0.25, 0.3) is 0 Å². The Balaban J connectivity index is 2.69. The average Bonchev–Trinajstić information content (AvgIpc) is 2.35. The van der Waals surface area contributed by atoms with Gasteiger partial charge >= 0.3 is 0 Å². The summed E-state index contributed by atoms with van der Waals surface area (Å²) in [4.78, 5) is 2.31. The van der Waals surface area contributed by atoms with Gasteiger partial charge in [0.25, 0.3) is 0 Å². The van der Waals surface area contributed by atoms with Crippen molar-refractivity contribution in [3.8, 4) is 0 Å². The van der Waals surface area contributed by atoms with E-state index in [0.717, 1.165) is 19.6 Å². The summed E-state index contributed by atoms with van der Waals surface area (Å²) in [5.74, 6) is 0.0400.